The SMILES string of the molecule is CCC[C@]1(C)CCc2c(C)c(O[Si](C)(C)C(C)(C)C)c(C)c(C)c2O1. The topological polar surface area (TPSA) is 18.5 Å². The van der Waals surface area contributed by atoms with Gasteiger partial charge in [0.2, 0.25) is 0 Å². The van der Waals surface area contributed by atoms with Crippen molar-refractivity contribution in [1.29, 1.82) is 0 Å². The Balaban J connectivity index is 2.50. The second-order valence-corrected chi connectivity index (χ2v) is 14.4. The average molecular weight is 363 g/mol. The Morgan fingerprint density at radius 1 is 1.08 bits per heavy atom. The lowest BCUT2D eigenvalue weighted by atomic mass is 9.85. The standard InChI is InChI=1S/C22H38O2Si/c1-11-13-22(8)14-12-18-17(4)19(15(2)16(3)20(18)23-22)24-25(9,10)21(5,6)7/h11-14H2,1-10H3/t22-/m1/s1. The van der Waals surface area contributed by atoms with Gasteiger partial charge in [-0.05, 0) is 81.8 Å². The van der Waals surface area contributed by atoms with E-state index in [4.69, 9.17) is 9.16 Å². The van der Waals surface area contributed by atoms with Gasteiger partial charge in [-0.3, -0.25) is 0 Å². The maximum atomic E-state index is 6.76. The van der Waals surface area contributed by atoms with E-state index < -0.39 is 8.32 Å². The fourth-order valence-electron chi connectivity index (χ4n) is 3.55. The van der Waals surface area contributed by atoms with E-state index in [9.17, 15) is 0 Å². The third-order valence-electron chi connectivity index (χ3n) is 6.51. The van der Waals surface area contributed by atoms with Gasteiger partial charge in [-0.1, -0.05) is 34.1 Å². The number of hydrogen-bond donors (Lipinski definition) is 0. The molecule has 0 saturated carbocycles. The molecule has 1 aliphatic rings. The van der Waals surface area contributed by atoms with E-state index in [1.54, 1.807) is 0 Å². The molecule has 142 valence electrons. The van der Waals surface area contributed by atoms with Gasteiger partial charge < -0.3 is 9.16 Å². The highest BCUT2D eigenvalue weighted by Gasteiger charge is 2.41. The Morgan fingerprint density at radius 2 is 1.68 bits per heavy atom. The molecule has 1 aliphatic heterocycles. The molecule has 2 rings (SSSR count). The van der Waals surface area contributed by atoms with Crippen LogP contribution in [0.3, 0.4) is 0 Å². The van der Waals surface area contributed by atoms with Crippen molar-refractivity contribution in [3.05, 3.63) is 22.3 Å². The third kappa shape index (κ3) is 3.76. The lowest BCUT2D eigenvalue weighted by Gasteiger charge is -2.40. The van der Waals surface area contributed by atoms with Gasteiger partial charge in [0.25, 0.3) is 8.32 Å². The maximum Gasteiger partial charge on any atom is 0.250 e. The van der Waals surface area contributed by atoms with Gasteiger partial charge in [0, 0.05) is 5.56 Å². The second-order valence-electron chi connectivity index (χ2n) is 9.68. The number of benzene rings is 1. The molecule has 0 spiro atoms. The van der Waals surface area contributed by atoms with Gasteiger partial charge in [-0.2, -0.15) is 0 Å². The van der Waals surface area contributed by atoms with Crippen LogP contribution in [0.2, 0.25) is 18.1 Å². The molecule has 25 heavy (non-hydrogen) atoms. The van der Waals surface area contributed by atoms with Gasteiger partial charge in [-0.15, -0.1) is 0 Å². The Hall–Kier alpha value is -0.963. The van der Waals surface area contributed by atoms with Gasteiger partial charge in [-0.25, -0.2) is 0 Å². The summed E-state index contributed by atoms with van der Waals surface area (Å²) in [5, 5.41) is 0.200. The number of hydrogen-bond acceptors (Lipinski definition) is 2. The molecule has 3 heteroatoms. The summed E-state index contributed by atoms with van der Waals surface area (Å²) in [4.78, 5) is 0. The van der Waals surface area contributed by atoms with E-state index in [-0.39, 0.29) is 10.6 Å². The van der Waals surface area contributed by atoms with Crippen LogP contribution in [0.4, 0.5) is 0 Å². The Labute approximate surface area is 156 Å². The molecule has 0 aromatic heterocycles. The molecule has 2 nitrogen and oxygen atoms in total. The van der Waals surface area contributed by atoms with Crippen molar-refractivity contribution in [2.24, 2.45) is 0 Å². The van der Waals surface area contributed by atoms with E-state index >= 15 is 0 Å². The molecule has 1 aromatic rings. The van der Waals surface area contributed by atoms with E-state index in [0.717, 1.165) is 37.2 Å². The van der Waals surface area contributed by atoms with Crippen molar-refractivity contribution in [2.45, 2.75) is 105 Å². The van der Waals surface area contributed by atoms with Crippen molar-refractivity contribution >= 4 is 8.32 Å². The van der Waals surface area contributed by atoms with Crippen molar-refractivity contribution in [2.75, 3.05) is 0 Å². The van der Waals surface area contributed by atoms with Gasteiger partial charge in [0.05, 0.1) is 0 Å². The highest BCUT2D eigenvalue weighted by atomic mass is 28.4. The normalized spacial score (nSPS) is 20.9. The molecule has 1 heterocycles. The summed E-state index contributed by atoms with van der Waals surface area (Å²) >= 11 is 0. The minimum absolute atomic E-state index is 0.0206. The van der Waals surface area contributed by atoms with Crippen molar-refractivity contribution < 1.29 is 9.16 Å². The molecule has 0 unspecified atom stereocenters. The molecule has 1 aromatic carbocycles. The molecular formula is C22H38O2Si. The minimum Gasteiger partial charge on any atom is -0.543 e. The molecule has 0 saturated heterocycles. The predicted molar refractivity (Wildman–Crippen MR) is 111 cm³/mol. The van der Waals surface area contributed by atoms with Crippen LogP contribution in [-0.4, -0.2) is 13.9 Å². The van der Waals surface area contributed by atoms with Crippen LogP contribution in [0.25, 0.3) is 0 Å². The van der Waals surface area contributed by atoms with Gasteiger partial charge >= 0.3 is 0 Å². The fourth-order valence-corrected chi connectivity index (χ4v) is 4.67. The van der Waals surface area contributed by atoms with Gasteiger partial charge in [0.1, 0.15) is 17.1 Å². The van der Waals surface area contributed by atoms with Crippen LogP contribution in [-0.2, 0) is 6.42 Å². The van der Waals surface area contributed by atoms with Crippen LogP contribution in [0.5, 0.6) is 11.5 Å². The highest BCUT2D eigenvalue weighted by Crippen LogP contribution is 2.47. The zero-order valence-corrected chi connectivity index (χ0v) is 19.1. The van der Waals surface area contributed by atoms with Crippen LogP contribution in [0.15, 0.2) is 0 Å². The predicted octanol–water partition coefficient (Wildman–Crippen LogP) is 6.88. The first-order chi connectivity index (χ1) is 11.3. The fraction of sp³-hybridized carbons (Fsp3) is 0.727. The van der Waals surface area contributed by atoms with Gasteiger partial charge in [0.15, 0.2) is 0 Å². The first-order valence-electron chi connectivity index (χ1n) is 9.83. The Kier molecular flexibility index (Phi) is 5.41. The first kappa shape index (κ1) is 20.4. The highest BCUT2D eigenvalue weighted by molar-refractivity contribution is 6.74. The van der Waals surface area contributed by atoms with E-state index in [2.05, 4.69) is 68.5 Å². The van der Waals surface area contributed by atoms with E-state index in [1.165, 1.54) is 22.3 Å². The Morgan fingerprint density at radius 3 is 2.20 bits per heavy atom. The molecule has 0 bridgehead atoms. The number of ether oxygens (including phenoxy) is 1. The second kappa shape index (κ2) is 6.64. The third-order valence-corrected chi connectivity index (χ3v) is 10.8. The zero-order valence-electron chi connectivity index (χ0n) is 18.1. The molecule has 0 amide bonds. The molecule has 0 radical (unpaired) electrons. The lowest BCUT2D eigenvalue weighted by Crippen LogP contribution is -2.44. The number of rotatable bonds is 4. The lowest BCUT2D eigenvalue weighted by molar-refractivity contribution is 0.0542. The summed E-state index contributed by atoms with van der Waals surface area (Å²) in [5.74, 6) is 2.24. The monoisotopic (exact) mass is 362 g/mol. The summed E-state index contributed by atoms with van der Waals surface area (Å²) < 4.78 is 13.3. The van der Waals surface area contributed by atoms with Crippen LogP contribution in [0, 0.1) is 20.8 Å². The molecular weight excluding hydrogens is 324 g/mol. The van der Waals surface area contributed by atoms with Crippen molar-refractivity contribution in [1.82, 2.24) is 0 Å². The van der Waals surface area contributed by atoms with Crippen LogP contribution in [0.1, 0.15) is 76.1 Å². The molecule has 0 fully saturated rings. The first-order valence-corrected chi connectivity index (χ1v) is 12.7. The Bertz CT molecular complexity index is 655. The number of fused-ring (bicyclic) bond motifs is 1. The maximum absolute atomic E-state index is 6.76. The van der Waals surface area contributed by atoms with Crippen molar-refractivity contribution in [3.8, 4) is 11.5 Å². The summed E-state index contributed by atoms with van der Waals surface area (Å²) in [7, 11) is -1.86. The molecule has 0 aliphatic carbocycles. The van der Waals surface area contributed by atoms with Crippen LogP contribution < -0.4 is 9.16 Å². The van der Waals surface area contributed by atoms with Crippen molar-refractivity contribution in [3.63, 3.8) is 0 Å². The summed E-state index contributed by atoms with van der Waals surface area (Å²) in [6.07, 6.45) is 4.46. The summed E-state index contributed by atoms with van der Waals surface area (Å²) in [6, 6.07) is 0. The quantitative estimate of drug-likeness (QED) is 0.543. The van der Waals surface area contributed by atoms with Crippen LogP contribution >= 0.6 is 0 Å². The molecule has 1 atom stereocenters. The minimum atomic E-state index is -1.86. The van der Waals surface area contributed by atoms with E-state index in [1.807, 2.05) is 0 Å². The summed E-state index contributed by atoms with van der Waals surface area (Å²) in [6.45, 7) is 22.7. The average Bonchev–Trinajstić information content (AvgIpc) is 2.48. The summed E-state index contributed by atoms with van der Waals surface area (Å²) in [5.41, 5.74) is 5.15. The molecule has 0 N–H and O–H groups in total. The zero-order chi connectivity index (χ0) is 19.2. The smallest absolute Gasteiger partial charge is 0.250 e. The van der Waals surface area contributed by atoms with E-state index in [0.29, 0.717) is 0 Å². The largest absolute Gasteiger partial charge is 0.543 e.